The summed E-state index contributed by atoms with van der Waals surface area (Å²) in [5.74, 6) is -2.82. The van der Waals surface area contributed by atoms with E-state index in [0.29, 0.717) is 25.9 Å². The fraction of sp³-hybridized carbons (Fsp3) is 0.556. The van der Waals surface area contributed by atoms with E-state index in [0.717, 1.165) is 0 Å². The first-order valence-electron chi connectivity index (χ1n) is 8.40. The first kappa shape index (κ1) is 20.6. The van der Waals surface area contributed by atoms with Gasteiger partial charge >= 0.3 is 6.09 Å². The zero-order chi connectivity index (χ0) is 19.6. The Hall–Kier alpha value is -1.70. The fourth-order valence-electron chi connectivity index (χ4n) is 2.81. The quantitative estimate of drug-likeness (QED) is 0.657. The largest absolute Gasteiger partial charge is 0.444 e. The number of hydrogen-bond donors (Lipinski definition) is 0. The van der Waals surface area contributed by atoms with Crippen LogP contribution < -0.4 is 0 Å². The summed E-state index contributed by atoms with van der Waals surface area (Å²) in [6.45, 7) is 6.28. The Labute approximate surface area is 160 Å². The number of hydrogen-bond acceptors (Lipinski definition) is 3. The molecule has 1 aliphatic heterocycles. The van der Waals surface area contributed by atoms with Crippen LogP contribution in [-0.4, -0.2) is 53.6 Å². The van der Waals surface area contributed by atoms with E-state index >= 15 is 0 Å². The molecule has 2 rings (SSSR count). The van der Waals surface area contributed by atoms with Gasteiger partial charge in [0.25, 0.3) is 5.91 Å². The van der Waals surface area contributed by atoms with E-state index in [-0.39, 0.29) is 22.2 Å². The molecular formula is C18H23BrF2N2O3. The maximum atomic E-state index is 14.0. The SMILES string of the molecule is CN(C(=O)c1ccc(Br)c(F)c1F)C1CCN(C(=O)OC(C)(C)C)CC1. The molecule has 5 nitrogen and oxygen atoms in total. The zero-order valence-corrected chi connectivity index (χ0v) is 16.9. The van der Waals surface area contributed by atoms with Crippen molar-refractivity contribution in [3.8, 4) is 0 Å². The van der Waals surface area contributed by atoms with Crippen LogP contribution in [0, 0.1) is 11.6 Å². The van der Waals surface area contributed by atoms with Gasteiger partial charge in [0.2, 0.25) is 0 Å². The fourth-order valence-corrected chi connectivity index (χ4v) is 3.12. The van der Waals surface area contributed by atoms with Gasteiger partial charge in [-0.3, -0.25) is 4.79 Å². The average molecular weight is 433 g/mol. The Morgan fingerprint density at radius 2 is 1.77 bits per heavy atom. The van der Waals surface area contributed by atoms with Crippen molar-refractivity contribution in [1.29, 1.82) is 0 Å². The lowest BCUT2D eigenvalue weighted by molar-refractivity contribution is 0.0159. The number of halogens is 3. The lowest BCUT2D eigenvalue weighted by Crippen LogP contribution is -2.48. The number of rotatable bonds is 2. The van der Waals surface area contributed by atoms with E-state index in [1.54, 1.807) is 32.7 Å². The highest BCUT2D eigenvalue weighted by Gasteiger charge is 2.31. The van der Waals surface area contributed by atoms with Crippen molar-refractivity contribution in [3.05, 3.63) is 33.8 Å². The topological polar surface area (TPSA) is 49.9 Å². The molecule has 1 aromatic carbocycles. The molecule has 2 amide bonds. The summed E-state index contributed by atoms with van der Waals surface area (Å²) in [6.07, 6.45) is 0.704. The van der Waals surface area contributed by atoms with Crippen molar-refractivity contribution < 1.29 is 23.1 Å². The molecule has 0 bridgehead atoms. The van der Waals surface area contributed by atoms with Crippen LogP contribution in [0.1, 0.15) is 44.0 Å². The van der Waals surface area contributed by atoms with Gasteiger partial charge in [-0.05, 0) is 61.7 Å². The molecule has 0 aliphatic carbocycles. The summed E-state index contributed by atoms with van der Waals surface area (Å²) in [5.41, 5.74) is -0.869. The number of piperidine rings is 1. The lowest BCUT2D eigenvalue weighted by atomic mass is 10.0. The van der Waals surface area contributed by atoms with Crippen molar-refractivity contribution in [2.45, 2.75) is 45.3 Å². The molecule has 0 spiro atoms. The number of likely N-dealkylation sites (tertiary alicyclic amines) is 1. The minimum Gasteiger partial charge on any atom is -0.444 e. The predicted molar refractivity (Wildman–Crippen MR) is 97.0 cm³/mol. The summed E-state index contributed by atoms with van der Waals surface area (Å²) >= 11 is 2.89. The van der Waals surface area contributed by atoms with Crippen LogP contribution in [0.15, 0.2) is 16.6 Å². The minimum atomic E-state index is -1.16. The van der Waals surface area contributed by atoms with E-state index < -0.39 is 23.1 Å². The molecule has 1 aliphatic rings. The van der Waals surface area contributed by atoms with Crippen LogP contribution in [0.25, 0.3) is 0 Å². The van der Waals surface area contributed by atoms with Gasteiger partial charge in [0.05, 0.1) is 10.0 Å². The number of carbonyl (C=O) groups excluding carboxylic acids is 2. The number of amides is 2. The van der Waals surface area contributed by atoms with E-state index in [1.807, 2.05) is 0 Å². The monoisotopic (exact) mass is 432 g/mol. The standard InChI is InChI=1S/C18H23BrF2N2O3/c1-18(2,3)26-17(25)23-9-7-11(8-10-23)22(4)16(24)12-5-6-13(19)15(21)14(12)20/h5-6,11H,7-10H2,1-4H3. The van der Waals surface area contributed by atoms with E-state index in [2.05, 4.69) is 15.9 Å². The van der Waals surface area contributed by atoms with E-state index in [4.69, 9.17) is 4.74 Å². The van der Waals surface area contributed by atoms with Crippen LogP contribution in [-0.2, 0) is 4.74 Å². The van der Waals surface area contributed by atoms with Crippen LogP contribution in [0.2, 0.25) is 0 Å². The summed E-state index contributed by atoms with van der Waals surface area (Å²) in [5, 5.41) is 0. The highest BCUT2D eigenvalue weighted by atomic mass is 79.9. The van der Waals surface area contributed by atoms with Crippen LogP contribution in [0.4, 0.5) is 13.6 Å². The molecule has 144 valence electrons. The molecule has 26 heavy (non-hydrogen) atoms. The molecule has 8 heteroatoms. The van der Waals surface area contributed by atoms with Gasteiger partial charge in [0.15, 0.2) is 11.6 Å². The Morgan fingerprint density at radius 3 is 2.31 bits per heavy atom. The van der Waals surface area contributed by atoms with Gasteiger partial charge in [0.1, 0.15) is 5.60 Å². The first-order valence-corrected chi connectivity index (χ1v) is 9.19. The second-order valence-electron chi connectivity index (χ2n) is 7.34. The molecule has 0 saturated carbocycles. The third kappa shape index (κ3) is 4.72. The second kappa shape index (κ2) is 7.90. The maximum Gasteiger partial charge on any atom is 0.410 e. The third-order valence-corrected chi connectivity index (χ3v) is 4.86. The molecule has 0 radical (unpaired) electrons. The molecule has 1 fully saturated rings. The minimum absolute atomic E-state index is 0.0279. The van der Waals surface area contributed by atoms with Crippen molar-refractivity contribution in [2.24, 2.45) is 0 Å². The van der Waals surface area contributed by atoms with Gasteiger partial charge in [-0.2, -0.15) is 0 Å². The van der Waals surface area contributed by atoms with Crippen molar-refractivity contribution in [1.82, 2.24) is 9.80 Å². The number of carbonyl (C=O) groups is 2. The van der Waals surface area contributed by atoms with E-state index in [1.165, 1.54) is 17.0 Å². The Kier molecular flexibility index (Phi) is 6.26. The normalized spacial score (nSPS) is 15.7. The highest BCUT2D eigenvalue weighted by Crippen LogP contribution is 2.24. The molecular weight excluding hydrogens is 410 g/mol. The van der Waals surface area contributed by atoms with Crippen LogP contribution in [0.3, 0.4) is 0 Å². The molecule has 0 atom stereocenters. The van der Waals surface area contributed by atoms with Gasteiger partial charge in [-0.1, -0.05) is 0 Å². The van der Waals surface area contributed by atoms with Crippen molar-refractivity contribution >= 4 is 27.9 Å². The van der Waals surface area contributed by atoms with Gasteiger partial charge in [-0.15, -0.1) is 0 Å². The highest BCUT2D eigenvalue weighted by molar-refractivity contribution is 9.10. The van der Waals surface area contributed by atoms with Crippen LogP contribution >= 0.6 is 15.9 Å². The maximum absolute atomic E-state index is 14.0. The predicted octanol–water partition coefficient (Wildman–Crippen LogP) is 4.20. The Morgan fingerprint density at radius 1 is 1.19 bits per heavy atom. The summed E-state index contributed by atoms with van der Waals surface area (Å²) in [6, 6.07) is 2.41. The number of nitrogens with zero attached hydrogens (tertiary/aromatic N) is 2. The van der Waals surface area contributed by atoms with Crippen molar-refractivity contribution in [3.63, 3.8) is 0 Å². The molecule has 1 saturated heterocycles. The Balaban J connectivity index is 2.00. The third-order valence-electron chi connectivity index (χ3n) is 4.25. The zero-order valence-electron chi connectivity index (χ0n) is 15.3. The summed E-state index contributed by atoms with van der Waals surface area (Å²) in [7, 11) is 1.57. The summed E-state index contributed by atoms with van der Waals surface area (Å²) in [4.78, 5) is 27.6. The lowest BCUT2D eigenvalue weighted by Gasteiger charge is -2.37. The van der Waals surface area contributed by atoms with E-state index in [9.17, 15) is 18.4 Å². The first-order chi connectivity index (χ1) is 12.0. The van der Waals surface area contributed by atoms with Crippen LogP contribution in [0.5, 0.6) is 0 Å². The number of ether oxygens (including phenoxy) is 1. The molecule has 0 aromatic heterocycles. The second-order valence-corrected chi connectivity index (χ2v) is 8.19. The molecule has 1 heterocycles. The van der Waals surface area contributed by atoms with Gasteiger partial charge in [0, 0.05) is 26.2 Å². The average Bonchev–Trinajstić information content (AvgIpc) is 2.57. The summed E-state index contributed by atoms with van der Waals surface area (Å²) < 4.78 is 33.0. The van der Waals surface area contributed by atoms with Gasteiger partial charge in [-0.25, -0.2) is 13.6 Å². The van der Waals surface area contributed by atoms with Gasteiger partial charge < -0.3 is 14.5 Å². The van der Waals surface area contributed by atoms with Crippen molar-refractivity contribution in [2.75, 3.05) is 20.1 Å². The molecule has 1 aromatic rings. The Bertz CT molecular complexity index is 698. The smallest absolute Gasteiger partial charge is 0.410 e. The molecule has 0 N–H and O–H groups in total. The number of benzene rings is 1. The molecule has 0 unspecified atom stereocenters.